The molecule has 142 valence electrons. The van der Waals surface area contributed by atoms with Gasteiger partial charge >= 0.3 is 0 Å². The highest BCUT2D eigenvalue weighted by Crippen LogP contribution is 2.49. The van der Waals surface area contributed by atoms with Crippen molar-refractivity contribution in [1.82, 2.24) is 9.88 Å². The van der Waals surface area contributed by atoms with Crippen LogP contribution in [-0.2, 0) is 0 Å². The maximum Gasteiger partial charge on any atom is 0.256 e. The largest absolute Gasteiger partial charge is 0.493 e. The molecule has 3 aromatic rings. The van der Waals surface area contributed by atoms with Crippen LogP contribution in [0.25, 0.3) is 10.8 Å². The monoisotopic (exact) mass is 376 g/mol. The molecule has 6 heteroatoms. The van der Waals surface area contributed by atoms with Crippen LogP contribution < -0.4 is 10.3 Å². The third kappa shape index (κ3) is 2.38. The lowest BCUT2D eigenvalue weighted by Crippen LogP contribution is -2.42. The van der Waals surface area contributed by atoms with Crippen molar-refractivity contribution in [3.8, 4) is 5.75 Å². The van der Waals surface area contributed by atoms with Crippen molar-refractivity contribution in [1.29, 1.82) is 0 Å². The van der Waals surface area contributed by atoms with Crippen LogP contribution in [0.15, 0.2) is 59.5 Å². The van der Waals surface area contributed by atoms with Gasteiger partial charge in [0.25, 0.3) is 11.5 Å². The molecule has 0 unspecified atom stereocenters. The van der Waals surface area contributed by atoms with Crippen LogP contribution in [0.4, 0.5) is 0 Å². The van der Waals surface area contributed by atoms with Crippen LogP contribution in [0.2, 0.25) is 0 Å². The highest BCUT2D eigenvalue weighted by Gasteiger charge is 2.52. The first kappa shape index (κ1) is 17.0. The fourth-order valence-corrected chi connectivity index (χ4v) is 4.58. The zero-order chi connectivity index (χ0) is 19.3. The Bertz CT molecular complexity index is 1140. The number of aromatic amines is 1. The van der Waals surface area contributed by atoms with Gasteiger partial charge in [-0.15, -0.1) is 0 Å². The number of para-hydroxylation sites is 1. The lowest BCUT2D eigenvalue weighted by atomic mass is 9.74. The average Bonchev–Trinajstić information content (AvgIpc) is 3.15. The van der Waals surface area contributed by atoms with Crippen molar-refractivity contribution in [2.75, 3.05) is 26.3 Å². The number of pyridine rings is 1. The molecule has 2 atom stereocenters. The summed E-state index contributed by atoms with van der Waals surface area (Å²) in [7, 11) is 0. The lowest BCUT2D eigenvalue weighted by Gasteiger charge is -2.37. The number of nitrogens with one attached hydrogen (secondary N) is 1. The van der Waals surface area contributed by atoms with Gasteiger partial charge in [-0.25, -0.2) is 0 Å². The fourth-order valence-electron chi connectivity index (χ4n) is 4.58. The maximum absolute atomic E-state index is 13.4. The van der Waals surface area contributed by atoms with Crippen molar-refractivity contribution in [2.24, 2.45) is 5.41 Å². The molecule has 3 heterocycles. The molecule has 0 radical (unpaired) electrons. The van der Waals surface area contributed by atoms with E-state index in [-0.39, 0.29) is 24.0 Å². The summed E-state index contributed by atoms with van der Waals surface area (Å²) in [4.78, 5) is 29.9. The van der Waals surface area contributed by atoms with Crippen LogP contribution in [0.3, 0.4) is 0 Å². The Hall–Kier alpha value is -3.12. The molecule has 1 saturated heterocycles. The Morgan fingerprint density at radius 1 is 1.18 bits per heavy atom. The topological polar surface area (TPSA) is 82.6 Å². The second kappa shape index (κ2) is 6.21. The SMILES string of the molecule is O=C(c1c[nH]c(=O)c2ccccc12)N1C[C@H]2c3ccccc3OC[C@@]2(CO)C1. The van der Waals surface area contributed by atoms with E-state index < -0.39 is 5.41 Å². The third-order valence-corrected chi connectivity index (χ3v) is 6.10. The molecule has 0 bridgehead atoms. The van der Waals surface area contributed by atoms with Crippen molar-refractivity contribution in [3.63, 3.8) is 0 Å². The minimum absolute atomic E-state index is 0.0143. The van der Waals surface area contributed by atoms with E-state index >= 15 is 0 Å². The molecule has 1 aromatic heterocycles. The molecular weight excluding hydrogens is 356 g/mol. The molecule has 2 aliphatic heterocycles. The number of hydrogen-bond acceptors (Lipinski definition) is 4. The molecule has 28 heavy (non-hydrogen) atoms. The highest BCUT2D eigenvalue weighted by atomic mass is 16.5. The summed E-state index contributed by atoms with van der Waals surface area (Å²) < 4.78 is 5.91. The summed E-state index contributed by atoms with van der Waals surface area (Å²) in [5.74, 6) is 0.688. The maximum atomic E-state index is 13.4. The predicted molar refractivity (Wildman–Crippen MR) is 105 cm³/mol. The normalized spacial score (nSPS) is 23.2. The van der Waals surface area contributed by atoms with Crippen molar-refractivity contribution in [2.45, 2.75) is 5.92 Å². The quantitative estimate of drug-likeness (QED) is 0.718. The number of H-pyrrole nitrogens is 1. The molecule has 5 rings (SSSR count). The van der Waals surface area contributed by atoms with E-state index in [0.29, 0.717) is 36.0 Å². The summed E-state index contributed by atoms with van der Waals surface area (Å²) in [6, 6.07) is 14.9. The van der Waals surface area contributed by atoms with E-state index in [1.54, 1.807) is 23.1 Å². The van der Waals surface area contributed by atoms with E-state index in [1.807, 2.05) is 30.3 Å². The van der Waals surface area contributed by atoms with Crippen molar-refractivity contribution >= 4 is 16.7 Å². The number of benzene rings is 2. The summed E-state index contributed by atoms with van der Waals surface area (Å²) in [5.41, 5.74) is 0.777. The highest BCUT2D eigenvalue weighted by molar-refractivity contribution is 6.06. The summed E-state index contributed by atoms with van der Waals surface area (Å²) >= 11 is 0. The molecule has 0 spiro atoms. The first-order chi connectivity index (χ1) is 13.6. The Balaban J connectivity index is 1.55. The van der Waals surface area contributed by atoms with Crippen molar-refractivity contribution < 1.29 is 14.6 Å². The standard InChI is InChI=1S/C22H20N2O4/c25-12-22-11-24(10-18(22)16-7-3-4-8-19(16)28-13-22)21(27)17-9-23-20(26)15-6-2-1-5-14(15)17/h1-9,18,25H,10-13H2,(H,23,26)/t18-,22-/m0/s1. The molecule has 0 aliphatic carbocycles. The number of fused-ring (bicyclic) bond motifs is 4. The van der Waals surface area contributed by atoms with E-state index in [2.05, 4.69) is 4.98 Å². The van der Waals surface area contributed by atoms with Gasteiger partial charge in [0.05, 0.1) is 24.2 Å². The third-order valence-electron chi connectivity index (χ3n) is 6.10. The number of aliphatic hydroxyl groups is 1. The van der Waals surface area contributed by atoms with E-state index in [1.165, 1.54) is 6.20 Å². The number of carbonyl (C=O) groups excluding carboxylic acids is 1. The molecular formula is C22H20N2O4. The number of aromatic nitrogens is 1. The number of likely N-dealkylation sites (tertiary alicyclic amines) is 1. The van der Waals surface area contributed by atoms with Crippen LogP contribution >= 0.6 is 0 Å². The zero-order valence-corrected chi connectivity index (χ0v) is 15.2. The minimum atomic E-state index is -0.512. The first-order valence-electron chi connectivity index (χ1n) is 9.35. The van der Waals surface area contributed by atoms with Gasteiger partial charge in [-0.1, -0.05) is 36.4 Å². The summed E-state index contributed by atoms with van der Waals surface area (Å²) in [5, 5.41) is 11.3. The zero-order valence-electron chi connectivity index (χ0n) is 15.2. The number of nitrogens with zero attached hydrogens (tertiary/aromatic N) is 1. The van der Waals surface area contributed by atoms with Gasteiger partial charge in [-0.2, -0.15) is 0 Å². The number of rotatable bonds is 2. The second-order valence-corrected chi connectivity index (χ2v) is 7.66. The number of aliphatic hydroxyl groups excluding tert-OH is 1. The van der Waals surface area contributed by atoms with E-state index in [9.17, 15) is 14.7 Å². The molecule has 1 fully saturated rings. The molecule has 0 saturated carbocycles. The summed E-state index contributed by atoms with van der Waals surface area (Å²) in [6.07, 6.45) is 1.49. The van der Waals surface area contributed by atoms with Crippen LogP contribution in [0, 0.1) is 5.41 Å². The van der Waals surface area contributed by atoms with Crippen LogP contribution in [-0.4, -0.2) is 47.2 Å². The van der Waals surface area contributed by atoms with Gasteiger partial charge in [0.2, 0.25) is 0 Å². The number of carbonyl (C=O) groups is 1. The lowest BCUT2D eigenvalue weighted by molar-refractivity contribution is 0.0440. The summed E-state index contributed by atoms with van der Waals surface area (Å²) in [6.45, 7) is 1.24. The van der Waals surface area contributed by atoms with Gasteiger partial charge < -0.3 is 19.7 Å². The Morgan fingerprint density at radius 3 is 2.75 bits per heavy atom. The molecule has 2 N–H and O–H groups in total. The number of hydrogen-bond donors (Lipinski definition) is 2. The Labute approximate surface area is 161 Å². The molecule has 2 aromatic carbocycles. The van der Waals surface area contributed by atoms with Crippen LogP contribution in [0.1, 0.15) is 21.8 Å². The Kier molecular flexibility index (Phi) is 3.77. The van der Waals surface area contributed by atoms with E-state index in [4.69, 9.17) is 4.74 Å². The average molecular weight is 376 g/mol. The number of amides is 1. The predicted octanol–water partition coefficient (Wildman–Crippen LogP) is 2.14. The van der Waals surface area contributed by atoms with E-state index in [0.717, 1.165) is 11.3 Å². The molecule has 1 amide bonds. The molecule has 2 aliphatic rings. The molecule has 6 nitrogen and oxygen atoms in total. The number of ether oxygens (including phenoxy) is 1. The fraction of sp³-hybridized carbons (Fsp3) is 0.273. The second-order valence-electron chi connectivity index (χ2n) is 7.66. The van der Waals surface area contributed by atoms with Gasteiger partial charge in [0.1, 0.15) is 5.75 Å². The van der Waals surface area contributed by atoms with Gasteiger partial charge in [0.15, 0.2) is 0 Å². The Morgan fingerprint density at radius 2 is 1.93 bits per heavy atom. The first-order valence-corrected chi connectivity index (χ1v) is 9.35. The van der Waals surface area contributed by atoms with Crippen molar-refractivity contribution in [3.05, 3.63) is 76.2 Å². The van der Waals surface area contributed by atoms with Crippen LogP contribution in [0.5, 0.6) is 5.75 Å². The van der Waals surface area contributed by atoms with Gasteiger partial charge in [-0.05, 0) is 17.7 Å². The van der Waals surface area contributed by atoms with Gasteiger partial charge in [-0.3, -0.25) is 9.59 Å². The minimum Gasteiger partial charge on any atom is -0.493 e. The smallest absolute Gasteiger partial charge is 0.256 e. The van der Waals surface area contributed by atoms with Gasteiger partial charge in [0, 0.05) is 36.0 Å².